The first-order chi connectivity index (χ1) is 6.16. The highest BCUT2D eigenvalue weighted by Crippen LogP contribution is 2.28. The lowest BCUT2D eigenvalue weighted by molar-refractivity contribution is -0.119. The molecule has 1 rings (SSSR count). The summed E-state index contributed by atoms with van der Waals surface area (Å²) in [5.41, 5.74) is 0.232. The predicted molar refractivity (Wildman–Crippen MR) is 55.0 cm³/mol. The summed E-state index contributed by atoms with van der Waals surface area (Å²) in [6, 6.07) is 0. The van der Waals surface area contributed by atoms with Crippen LogP contribution in [0, 0.1) is 5.41 Å². The lowest BCUT2D eigenvalue weighted by atomic mass is 9.82. The normalized spacial score (nSPS) is 21.1. The first kappa shape index (κ1) is 11.0. The van der Waals surface area contributed by atoms with E-state index in [1.165, 1.54) is 0 Å². The number of ether oxygens (including phenoxy) is 1. The second kappa shape index (κ2) is 4.96. The van der Waals surface area contributed by atoms with Crippen molar-refractivity contribution in [3.8, 4) is 0 Å². The van der Waals surface area contributed by atoms with E-state index in [2.05, 4.69) is 28.2 Å². The molecular weight excluding hydrogens is 234 g/mol. The second-order valence-corrected chi connectivity index (χ2v) is 4.39. The molecule has 76 valence electrons. The van der Waals surface area contributed by atoms with Crippen LogP contribution in [0.15, 0.2) is 0 Å². The molecule has 1 aliphatic rings. The van der Waals surface area contributed by atoms with Crippen molar-refractivity contribution < 1.29 is 9.53 Å². The smallest absolute Gasteiger partial charge is 0.230 e. The van der Waals surface area contributed by atoms with Crippen LogP contribution < -0.4 is 5.32 Å². The molecule has 0 radical (unpaired) electrons. The second-order valence-electron chi connectivity index (χ2n) is 3.83. The molecule has 0 aromatic rings. The van der Waals surface area contributed by atoms with Gasteiger partial charge in [-0.25, -0.2) is 0 Å². The summed E-state index contributed by atoms with van der Waals surface area (Å²) in [6.07, 6.45) is 2.07. The van der Waals surface area contributed by atoms with Crippen LogP contribution in [0.25, 0.3) is 0 Å². The van der Waals surface area contributed by atoms with Gasteiger partial charge in [0.25, 0.3) is 0 Å². The standard InChI is InChI=1S/C9H16BrNO2/c1-9(2-4-13-5-3-9)7-11-8(12)6-10/h2-7H2,1H3,(H,11,12). The number of alkyl halides is 1. The highest BCUT2D eigenvalue weighted by molar-refractivity contribution is 9.09. The van der Waals surface area contributed by atoms with Crippen LogP contribution >= 0.6 is 15.9 Å². The van der Waals surface area contributed by atoms with Crippen molar-refractivity contribution >= 4 is 21.8 Å². The van der Waals surface area contributed by atoms with Crippen LogP contribution in [0.2, 0.25) is 0 Å². The van der Waals surface area contributed by atoms with Gasteiger partial charge in [-0.2, -0.15) is 0 Å². The van der Waals surface area contributed by atoms with E-state index in [1.807, 2.05) is 0 Å². The van der Waals surface area contributed by atoms with Crippen LogP contribution in [0.4, 0.5) is 0 Å². The maximum atomic E-state index is 11.0. The summed E-state index contributed by atoms with van der Waals surface area (Å²) in [4.78, 5) is 11.0. The first-order valence-corrected chi connectivity index (χ1v) is 5.69. The Morgan fingerprint density at radius 2 is 2.15 bits per heavy atom. The van der Waals surface area contributed by atoms with Gasteiger partial charge in [-0.3, -0.25) is 4.79 Å². The van der Waals surface area contributed by atoms with Crippen LogP contribution in [-0.2, 0) is 9.53 Å². The lowest BCUT2D eigenvalue weighted by Crippen LogP contribution is -2.39. The summed E-state index contributed by atoms with van der Waals surface area (Å²) in [5, 5.41) is 3.29. The van der Waals surface area contributed by atoms with Crippen molar-refractivity contribution in [2.24, 2.45) is 5.41 Å². The van der Waals surface area contributed by atoms with Gasteiger partial charge >= 0.3 is 0 Å². The maximum absolute atomic E-state index is 11.0. The van der Waals surface area contributed by atoms with E-state index >= 15 is 0 Å². The van der Waals surface area contributed by atoms with E-state index < -0.39 is 0 Å². The van der Waals surface area contributed by atoms with Crippen LogP contribution in [0.5, 0.6) is 0 Å². The van der Waals surface area contributed by atoms with Crippen molar-refractivity contribution in [1.29, 1.82) is 0 Å². The zero-order valence-corrected chi connectivity index (χ0v) is 9.52. The molecule has 0 aromatic carbocycles. The molecule has 0 unspecified atom stereocenters. The molecule has 0 atom stereocenters. The molecule has 0 aliphatic carbocycles. The number of hydrogen-bond acceptors (Lipinski definition) is 2. The number of hydrogen-bond donors (Lipinski definition) is 1. The molecule has 3 nitrogen and oxygen atoms in total. The predicted octanol–water partition coefficient (Wildman–Crippen LogP) is 1.31. The average Bonchev–Trinajstić information content (AvgIpc) is 2.15. The van der Waals surface area contributed by atoms with Gasteiger partial charge < -0.3 is 10.1 Å². The minimum Gasteiger partial charge on any atom is -0.381 e. The fourth-order valence-corrected chi connectivity index (χ4v) is 1.60. The molecule has 0 aromatic heterocycles. The van der Waals surface area contributed by atoms with Gasteiger partial charge in [0.2, 0.25) is 5.91 Å². The SMILES string of the molecule is CC1(CNC(=O)CBr)CCOCC1. The Labute approximate surface area is 87.3 Å². The number of carbonyl (C=O) groups is 1. The van der Waals surface area contributed by atoms with Crippen LogP contribution in [0.3, 0.4) is 0 Å². The number of carbonyl (C=O) groups excluding carboxylic acids is 1. The fourth-order valence-electron chi connectivity index (χ4n) is 1.40. The number of nitrogens with one attached hydrogen (secondary N) is 1. The van der Waals surface area contributed by atoms with Gasteiger partial charge in [-0.1, -0.05) is 22.9 Å². The zero-order chi connectivity index (χ0) is 9.73. The van der Waals surface area contributed by atoms with Crippen molar-refractivity contribution in [2.45, 2.75) is 19.8 Å². The maximum Gasteiger partial charge on any atom is 0.230 e. The van der Waals surface area contributed by atoms with Crippen molar-refractivity contribution in [2.75, 3.05) is 25.1 Å². The Hall–Kier alpha value is -0.0900. The van der Waals surface area contributed by atoms with Gasteiger partial charge in [0, 0.05) is 19.8 Å². The van der Waals surface area contributed by atoms with E-state index in [0.717, 1.165) is 32.6 Å². The molecule has 1 N–H and O–H groups in total. The third-order valence-electron chi connectivity index (χ3n) is 2.53. The van der Waals surface area contributed by atoms with E-state index in [1.54, 1.807) is 0 Å². The Morgan fingerprint density at radius 1 is 1.54 bits per heavy atom. The number of halogens is 1. The third-order valence-corrected chi connectivity index (χ3v) is 3.04. The molecule has 0 spiro atoms. The average molecular weight is 250 g/mol. The molecule has 1 amide bonds. The number of amides is 1. The highest BCUT2D eigenvalue weighted by atomic mass is 79.9. The molecule has 1 fully saturated rings. The Kier molecular flexibility index (Phi) is 4.19. The Balaban J connectivity index is 2.28. The molecule has 0 saturated carbocycles. The molecule has 1 saturated heterocycles. The summed E-state index contributed by atoms with van der Waals surface area (Å²) in [5.74, 6) is 0.0627. The largest absolute Gasteiger partial charge is 0.381 e. The summed E-state index contributed by atoms with van der Waals surface area (Å²) in [7, 11) is 0. The van der Waals surface area contributed by atoms with Gasteiger partial charge in [-0.05, 0) is 18.3 Å². The highest BCUT2D eigenvalue weighted by Gasteiger charge is 2.27. The third kappa shape index (κ3) is 3.65. The van der Waals surface area contributed by atoms with Gasteiger partial charge in [0.15, 0.2) is 0 Å². The van der Waals surface area contributed by atoms with Crippen molar-refractivity contribution in [3.63, 3.8) is 0 Å². The van der Waals surface area contributed by atoms with Crippen LogP contribution in [-0.4, -0.2) is 31.0 Å². The lowest BCUT2D eigenvalue weighted by Gasteiger charge is -2.33. The molecule has 1 heterocycles. The number of rotatable bonds is 3. The topological polar surface area (TPSA) is 38.3 Å². The summed E-state index contributed by atoms with van der Waals surface area (Å²) >= 11 is 3.12. The van der Waals surface area contributed by atoms with E-state index in [4.69, 9.17) is 4.74 Å². The molecule has 4 heteroatoms. The van der Waals surface area contributed by atoms with E-state index in [0.29, 0.717) is 5.33 Å². The fraction of sp³-hybridized carbons (Fsp3) is 0.889. The van der Waals surface area contributed by atoms with E-state index in [9.17, 15) is 4.79 Å². The Morgan fingerprint density at radius 3 is 2.69 bits per heavy atom. The molecule has 13 heavy (non-hydrogen) atoms. The quantitative estimate of drug-likeness (QED) is 0.767. The summed E-state index contributed by atoms with van der Waals surface area (Å²) in [6.45, 7) is 4.60. The first-order valence-electron chi connectivity index (χ1n) is 4.57. The van der Waals surface area contributed by atoms with Gasteiger partial charge in [0.05, 0.1) is 5.33 Å². The summed E-state index contributed by atoms with van der Waals surface area (Å²) < 4.78 is 5.28. The van der Waals surface area contributed by atoms with Crippen LogP contribution in [0.1, 0.15) is 19.8 Å². The van der Waals surface area contributed by atoms with Crippen molar-refractivity contribution in [3.05, 3.63) is 0 Å². The monoisotopic (exact) mass is 249 g/mol. The Bertz CT molecular complexity index is 178. The van der Waals surface area contributed by atoms with Crippen molar-refractivity contribution in [1.82, 2.24) is 5.32 Å². The minimum absolute atomic E-state index is 0.0627. The minimum atomic E-state index is 0.0627. The van der Waals surface area contributed by atoms with Gasteiger partial charge in [-0.15, -0.1) is 0 Å². The molecular formula is C9H16BrNO2. The zero-order valence-electron chi connectivity index (χ0n) is 7.94. The van der Waals surface area contributed by atoms with E-state index in [-0.39, 0.29) is 11.3 Å². The molecule has 0 bridgehead atoms. The molecule has 1 aliphatic heterocycles. The van der Waals surface area contributed by atoms with Gasteiger partial charge in [0.1, 0.15) is 0 Å².